The number of ether oxygens (including phenoxy) is 1. The predicted octanol–water partition coefficient (Wildman–Crippen LogP) is 2.89. The van der Waals surface area contributed by atoms with Crippen molar-refractivity contribution in [1.29, 1.82) is 0 Å². The number of benzene rings is 1. The van der Waals surface area contributed by atoms with E-state index < -0.39 is 16.1 Å². The van der Waals surface area contributed by atoms with Gasteiger partial charge in [-0.05, 0) is 49.5 Å². The zero-order valence-electron chi connectivity index (χ0n) is 18.9. The van der Waals surface area contributed by atoms with Crippen LogP contribution >= 0.6 is 0 Å². The highest BCUT2D eigenvalue weighted by Crippen LogP contribution is 2.37. The van der Waals surface area contributed by atoms with E-state index in [-0.39, 0.29) is 36.0 Å². The summed E-state index contributed by atoms with van der Waals surface area (Å²) in [6.45, 7) is 5.74. The first-order valence-electron chi connectivity index (χ1n) is 11.1. The van der Waals surface area contributed by atoms with Crippen LogP contribution in [0, 0.1) is 5.92 Å². The minimum Gasteiger partial charge on any atom is -0.487 e. The van der Waals surface area contributed by atoms with Crippen LogP contribution in [0.2, 0.25) is 0 Å². The maximum atomic E-state index is 13.5. The fraction of sp³-hybridized carbons (Fsp3) is 0.609. The molecule has 0 radical (unpaired) electrons. The van der Waals surface area contributed by atoms with E-state index in [0.717, 1.165) is 24.8 Å². The lowest BCUT2D eigenvalue weighted by Crippen LogP contribution is -2.50. The Labute approximate surface area is 185 Å². The normalized spacial score (nSPS) is 24.4. The molecule has 0 bridgehead atoms. The summed E-state index contributed by atoms with van der Waals surface area (Å²) in [7, 11) is -2.11. The molecule has 0 spiro atoms. The molecule has 0 unspecified atom stereocenters. The zero-order chi connectivity index (χ0) is 22.8. The van der Waals surface area contributed by atoms with Crippen molar-refractivity contribution in [3.05, 3.63) is 29.8 Å². The van der Waals surface area contributed by atoms with E-state index in [4.69, 9.17) is 4.74 Å². The number of likely N-dealkylation sites (N-methyl/N-ethyl adjacent to an activating group) is 1. The Balaban J connectivity index is 2.07. The van der Waals surface area contributed by atoms with Crippen molar-refractivity contribution in [2.45, 2.75) is 63.5 Å². The highest BCUT2D eigenvalue weighted by Gasteiger charge is 2.38. The average molecular weight is 451 g/mol. The summed E-state index contributed by atoms with van der Waals surface area (Å²) in [5.41, 5.74) is 2.17. The van der Waals surface area contributed by atoms with Gasteiger partial charge < -0.3 is 14.7 Å². The van der Waals surface area contributed by atoms with E-state index in [1.807, 2.05) is 26.0 Å². The van der Waals surface area contributed by atoms with E-state index >= 15 is 0 Å². The number of carbonyl (C=O) groups is 1. The summed E-state index contributed by atoms with van der Waals surface area (Å²) >= 11 is 0. The summed E-state index contributed by atoms with van der Waals surface area (Å²) in [4.78, 5) is 13.9. The molecule has 172 valence electrons. The number of fused-ring (bicyclic) bond motifs is 1. The molecule has 1 aromatic rings. The molecule has 3 atom stereocenters. The van der Waals surface area contributed by atoms with Crippen molar-refractivity contribution in [1.82, 2.24) is 9.21 Å². The van der Waals surface area contributed by atoms with Crippen molar-refractivity contribution in [2.75, 3.05) is 26.7 Å². The van der Waals surface area contributed by atoms with E-state index in [1.54, 1.807) is 24.9 Å². The van der Waals surface area contributed by atoms with Gasteiger partial charge in [0.25, 0.3) is 0 Å². The topological polar surface area (TPSA) is 87.2 Å². The monoisotopic (exact) mass is 450 g/mol. The smallest absolute Gasteiger partial charge is 0.247 e. The van der Waals surface area contributed by atoms with Crippen LogP contribution < -0.4 is 4.74 Å². The highest BCUT2D eigenvalue weighted by atomic mass is 32.2. The second-order valence-electron chi connectivity index (χ2n) is 8.65. The van der Waals surface area contributed by atoms with Gasteiger partial charge in [-0.2, -0.15) is 4.31 Å². The number of hydrogen-bond donors (Lipinski definition) is 1. The molecule has 3 rings (SSSR count). The number of hydrogen-bond acceptors (Lipinski definition) is 5. The van der Waals surface area contributed by atoms with Gasteiger partial charge in [0.15, 0.2) is 0 Å². The molecule has 1 N–H and O–H groups in total. The van der Waals surface area contributed by atoms with Crippen molar-refractivity contribution in [3.63, 3.8) is 0 Å². The number of nitrogens with zero attached hydrogens (tertiary/aromatic N) is 2. The summed E-state index contributed by atoms with van der Waals surface area (Å²) in [5, 5.41) is 9.72. The van der Waals surface area contributed by atoms with Crippen LogP contribution in [0.1, 0.15) is 52.0 Å². The van der Waals surface area contributed by atoms with Gasteiger partial charge in [0.2, 0.25) is 15.9 Å². The zero-order valence-corrected chi connectivity index (χ0v) is 19.7. The number of allylic oxidation sites excluding steroid dienone is 2. The summed E-state index contributed by atoms with van der Waals surface area (Å²) in [6.07, 6.45) is 5.29. The molecule has 1 aliphatic heterocycles. The molecule has 1 amide bonds. The molecule has 0 fully saturated rings. The molecule has 1 aromatic carbocycles. The Morgan fingerprint density at radius 2 is 2.13 bits per heavy atom. The summed E-state index contributed by atoms with van der Waals surface area (Å²) < 4.78 is 34.7. The van der Waals surface area contributed by atoms with Gasteiger partial charge in [-0.25, -0.2) is 8.42 Å². The van der Waals surface area contributed by atoms with Crippen LogP contribution in [-0.2, 0) is 14.8 Å². The maximum absolute atomic E-state index is 13.5. The van der Waals surface area contributed by atoms with Gasteiger partial charge in [-0.1, -0.05) is 26.0 Å². The molecule has 0 saturated heterocycles. The quantitative estimate of drug-likeness (QED) is 0.720. The third-order valence-corrected chi connectivity index (χ3v) is 8.28. The SMILES string of the molecule is CCC(=O)N(C)C[C@@H]1Oc2cc(C3=CCCC3)ccc2S(=O)(=O)N([C@@H](C)CO)C[C@H]1C. The van der Waals surface area contributed by atoms with Crippen LogP contribution in [0.15, 0.2) is 29.2 Å². The number of carbonyl (C=O) groups excluding carboxylic acids is 1. The second-order valence-corrected chi connectivity index (χ2v) is 10.5. The fourth-order valence-electron chi connectivity index (χ4n) is 4.22. The number of sulfonamides is 1. The Hall–Kier alpha value is -1.90. The first kappa shape index (κ1) is 23.8. The summed E-state index contributed by atoms with van der Waals surface area (Å²) in [5.74, 6) is 0.142. The van der Waals surface area contributed by atoms with E-state index in [2.05, 4.69) is 6.08 Å². The average Bonchev–Trinajstić information content (AvgIpc) is 3.29. The first-order valence-corrected chi connectivity index (χ1v) is 12.5. The molecule has 8 heteroatoms. The van der Waals surface area contributed by atoms with Gasteiger partial charge in [-0.15, -0.1) is 0 Å². The third kappa shape index (κ3) is 4.96. The molecule has 2 aliphatic rings. The van der Waals surface area contributed by atoms with E-state index in [0.29, 0.717) is 18.7 Å². The molecule has 0 saturated carbocycles. The third-order valence-electron chi connectivity index (χ3n) is 6.26. The number of aliphatic hydroxyl groups excluding tert-OH is 1. The van der Waals surface area contributed by atoms with Crippen LogP contribution in [-0.4, -0.2) is 67.5 Å². The Morgan fingerprint density at radius 1 is 1.39 bits per heavy atom. The van der Waals surface area contributed by atoms with Gasteiger partial charge in [0, 0.05) is 32.0 Å². The second kappa shape index (κ2) is 9.71. The maximum Gasteiger partial charge on any atom is 0.247 e. The molecular formula is C23H34N2O5S. The number of amides is 1. The Morgan fingerprint density at radius 3 is 2.74 bits per heavy atom. The Bertz CT molecular complexity index is 943. The van der Waals surface area contributed by atoms with E-state index in [1.165, 1.54) is 9.88 Å². The van der Waals surface area contributed by atoms with E-state index in [9.17, 15) is 18.3 Å². The lowest BCUT2D eigenvalue weighted by molar-refractivity contribution is -0.131. The lowest BCUT2D eigenvalue weighted by atomic mass is 10.0. The van der Waals surface area contributed by atoms with Gasteiger partial charge in [-0.3, -0.25) is 4.79 Å². The Kier molecular flexibility index (Phi) is 7.44. The fourth-order valence-corrected chi connectivity index (χ4v) is 6.04. The predicted molar refractivity (Wildman–Crippen MR) is 120 cm³/mol. The van der Waals surface area contributed by atoms with Crippen LogP contribution in [0.3, 0.4) is 0 Å². The molecule has 0 aromatic heterocycles. The number of aliphatic hydroxyl groups is 1. The minimum atomic E-state index is -3.85. The van der Waals surface area contributed by atoms with Gasteiger partial charge in [0.05, 0.1) is 13.2 Å². The van der Waals surface area contributed by atoms with Crippen LogP contribution in [0.5, 0.6) is 5.75 Å². The lowest BCUT2D eigenvalue weighted by Gasteiger charge is -2.37. The first-order chi connectivity index (χ1) is 14.7. The number of rotatable bonds is 6. The molecular weight excluding hydrogens is 416 g/mol. The van der Waals surface area contributed by atoms with Crippen LogP contribution in [0.25, 0.3) is 5.57 Å². The van der Waals surface area contributed by atoms with Crippen molar-refractivity contribution < 1.29 is 23.1 Å². The molecule has 1 heterocycles. The highest BCUT2D eigenvalue weighted by molar-refractivity contribution is 7.89. The van der Waals surface area contributed by atoms with Crippen molar-refractivity contribution >= 4 is 21.5 Å². The standard InChI is InChI=1S/C23H34N2O5S/c1-5-23(27)24(4)14-21-16(2)13-25(17(3)15-26)31(28,29)22-11-10-19(12-20(22)30-21)18-8-6-7-9-18/h8,10-12,16-17,21,26H,5-7,9,13-15H2,1-4H3/t16-,17+,21+/m1/s1. The largest absolute Gasteiger partial charge is 0.487 e. The van der Waals surface area contributed by atoms with Crippen LogP contribution in [0.4, 0.5) is 0 Å². The molecule has 7 nitrogen and oxygen atoms in total. The van der Waals surface area contributed by atoms with Crippen molar-refractivity contribution in [2.24, 2.45) is 5.92 Å². The van der Waals surface area contributed by atoms with Crippen molar-refractivity contribution in [3.8, 4) is 5.75 Å². The summed E-state index contributed by atoms with van der Waals surface area (Å²) in [6, 6.07) is 4.71. The van der Waals surface area contributed by atoms with Gasteiger partial charge in [0.1, 0.15) is 16.7 Å². The van der Waals surface area contributed by atoms with Gasteiger partial charge >= 0.3 is 0 Å². The molecule has 31 heavy (non-hydrogen) atoms. The minimum absolute atomic E-state index is 0.0103. The molecule has 1 aliphatic carbocycles.